The second kappa shape index (κ2) is 3.70. The SMILES string of the molecule is CBNC(=O)c1ncccn1. The number of carbonyl (C=O) groups excluding carboxylic acids is 1. The number of nitrogens with one attached hydrogen (secondary N) is 1. The van der Waals surface area contributed by atoms with Crippen LogP contribution in [0.5, 0.6) is 0 Å². The topological polar surface area (TPSA) is 54.9 Å². The van der Waals surface area contributed by atoms with Crippen molar-refractivity contribution in [2.24, 2.45) is 0 Å². The molecule has 1 N–H and O–H groups in total. The summed E-state index contributed by atoms with van der Waals surface area (Å²) in [6, 6.07) is 1.67. The summed E-state index contributed by atoms with van der Waals surface area (Å²) in [6.07, 6.45) is 3.08. The smallest absolute Gasteiger partial charge is 0.276 e. The molecule has 1 aromatic rings. The average molecular weight is 149 g/mol. The van der Waals surface area contributed by atoms with Gasteiger partial charge in [-0.3, -0.25) is 4.79 Å². The van der Waals surface area contributed by atoms with Gasteiger partial charge in [-0.2, -0.15) is 0 Å². The zero-order chi connectivity index (χ0) is 8.10. The molecule has 0 aromatic carbocycles. The molecule has 0 aliphatic carbocycles. The number of hydrogen-bond acceptors (Lipinski definition) is 3. The fourth-order valence-corrected chi connectivity index (χ4v) is 0.656. The summed E-state index contributed by atoms with van der Waals surface area (Å²) in [7, 11) is 0.594. The standard InChI is InChI=1S/C6H8BN3O/c1-7-10-6(11)5-8-3-2-4-9-5/h2-4,7H,1H3,(H,10,11). The molecule has 0 bridgehead atoms. The zero-order valence-corrected chi connectivity index (χ0v) is 6.24. The average Bonchev–Trinajstić information content (AvgIpc) is 2.07. The van der Waals surface area contributed by atoms with Crippen molar-refractivity contribution in [3.8, 4) is 0 Å². The first-order chi connectivity index (χ1) is 5.34. The molecule has 0 saturated carbocycles. The van der Waals surface area contributed by atoms with E-state index in [4.69, 9.17) is 0 Å². The maximum atomic E-state index is 11.0. The van der Waals surface area contributed by atoms with E-state index >= 15 is 0 Å². The molecule has 0 spiro atoms. The lowest BCUT2D eigenvalue weighted by atomic mass is 10.0. The normalized spacial score (nSPS) is 8.82. The fourth-order valence-electron chi connectivity index (χ4n) is 0.656. The van der Waals surface area contributed by atoms with Crippen LogP contribution in [0.25, 0.3) is 0 Å². The first-order valence-electron chi connectivity index (χ1n) is 3.40. The van der Waals surface area contributed by atoms with Crippen LogP contribution < -0.4 is 5.23 Å². The molecule has 0 fully saturated rings. The molecule has 4 nitrogen and oxygen atoms in total. The number of rotatable bonds is 2. The molecule has 0 aliphatic rings. The summed E-state index contributed by atoms with van der Waals surface area (Å²) in [4.78, 5) is 18.6. The lowest BCUT2D eigenvalue weighted by molar-refractivity contribution is 0.0970. The van der Waals surface area contributed by atoms with Crippen molar-refractivity contribution >= 4 is 13.3 Å². The van der Waals surface area contributed by atoms with Gasteiger partial charge in [-0.05, 0) is 6.07 Å². The summed E-state index contributed by atoms with van der Waals surface area (Å²) >= 11 is 0. The minimum Gasteiger partial charge on any atom is -0.396 e. The Bertz CT molecular complexity index is 239. The van der Waals surface area contributed by atoms with Gasteiger partial charge < -0.3 is 5.23 Å². The van der Waals surface area contributed by atoms with Gasteiger partial charge in [0.05, 0.1) is 0 Å². The number of nitrogens with zero attached hydrogens (tertiary/aromatic N) is 2. The minimum absolute atomic E-state index is 0.217. The van der Waals surface area contributed by atoms with Crippen molar-refractivity contribution in [2.45, 2.75) is 6.82 Å². The van der Waals surface area contributed by atoms with Gasteiger partial charge in [-0.15, -0.1) is 0 Å². The van der Waals surface area contributed by atoms with Gasteiger partial charge in [-0.1, -0.05) is 6.82 Å². The fraction of sp³-hybridized carbons (Fsp3) is 0.167. The highest BCUT2D eigenvalue weighted by molar-refractivity contribution is 6.36. The van der Waals surface area contributed by atoms with Crippen LogP contribution in [-0.2, 0) is 0 Å². The Morgan fingerprint density at radius 1 is 1.55 bits per heavy atom. The first kappa shape index (κ1) is 7.72. The second-order valence-electron chi connectivity index (χ2n) is 1.93. The van der Waals surface area contributed by atoms with Crippen LogP contribution >= 0.6 is 0 Å². The predicted molar refractivity (Wildman–Crippen MR) is 42.5 cm³/mol. The number of amides is 1. The Labute approximate surface area is 65.3 Å². The van der Waals surface area contributed by atoms with E-state index in [0.29, 0.717) is 7.41 Å². The number of hydrogen-bond donors (Lipinski definition) is 1. The summed E-state index contributed by atoms with van der Waals surface area (Å²) in [6.45, 7) is 1.85. The van der Waals surface area contributed by atoms with E-state index in [-0.39, 0.29) is 11.7 Å². The molecule has 1 rings (SSSR count). The van der Waals surface area contributed by atoms with E-state index in [1.165, 1.54) is 12.4 Å². The quantitative estimate of drug-likeness (QED) is 0.582. The van der Waals surface area contributed by atoms with E-state index in [9.17, 15) is 4.79 Å². The molecule has 5 heteroatoms. The van der Waals surface area contributed by atoms with Crippen LogP contribution in [0.1, 0.15) is 10.6 Å². The molecule has 0 radical (unpaired) electrons. The molecule has 0 aliphatic heterocycles. The van der Waals surface area contributed by atoms with Crippen molar-refractivity contribution in [3.05, 3.63) is 24.3 Å². The molecular formula is C6H8BN3O. The van der Waals surface area contributed by atoms with Crippen LogP contribution in [-0.4, -0.2) is 23.3 Å². The minimum atomic E-state index is -0.229. The zero-order valence-electron chi connectivity index (χ0n) is 6.24. The highest BCUT2D eigenvalue weighted by atomic mass is 16.1. The molecule has 56 valence electrons. The Hall–Kier alpha value is -1.39. The molecule has 1 heterocycles. The lowest BCUT2D eigenvalue weighted by Crippen LogP contribution is -2.26. The summed E-state index contributed by atoms with van der Waals surface area (Å²) in [5.74, 6) is -0.0116. The van der Waals surface area contributed by atoms with Crippen molar-refractivity contribution in [1.29, 1.82) is 0 Å². The maximum Gasteiger partial charge on any atom is 0.276 e. The first-order valence-corrected chi connectivity index (χ1v) is 3.40. The highest BCUT2D eigenvalue weighted by Crippen LogP contribution is 1.85. The van der Waals surface area contributed by atoms with Crippen molar-refractivity contribution in [3.63, 3.8) is 0 Å². The van der Waals surface area contributed by atoms with Gasteiger partial charge in [-0.25, -0.2) is 9.97 Å². The predicted octanol–water partition coefficient (Wildman–Crippen LogP) is -0.394. The third-order valence-corrected chi connectivity index (χ3v) is 1.11. The summed E-state index contributed by atoms with van der Waals surface area (Å²) in [5, 5.41) is 2.60. The Balaban J connectivity index is 2.69. The van der Waals surface area contributed by atoms with Crippen LogP contribution in [0.4, 0.5) is 0 Å². The number of carbonyl (C=O) groups is 1. The molecular weight excluding hydrogens is 141 g/mol. The second-order valence-corrected chi connectivity index (χ2v) is 1.93. The van der Waals surface area contributed by atoms with Crippen LogP contribution in [0.3, 0.4) is 0 Å². The third-order valence-electron chi connectivity index (χ3n) is 1.11. The van der Waals surface area contributed by atoms with Crippen molar-refractivity contribution in [1.82, 2.24) is 15.2 Å². The summed E-state index contributed by atoms with van der Waals surface area (Å²) in [5.41, 5.74) is 0. The molecule has 1 aromatic heterocycles. The summed E-state index contributed by atoms with van der Waals surface area (Å²) < 4.78 is 0. The van der Waals surface area contributed by atoms with E-state index in [1.807, 2.05) is 6.82 Å². The van der Waals surface area contributed by atoms with Crippen LogP contribution in [0.2, 0.25) is 6.82 Å². The van der Waals surface area contributed by atoms with Crippen molar-refractivity contribution in [2.75, 3.05) is 0 Å². The highest BCUT2D eigenvalue weighted by Gasteiger charge is 2.04. The maximum absolute atomic E-state index is 11.0. The van der Waals surface area contributed by atoms with Gasteiger partial charge in [0.1, 0.15) is 0 Å². The molecule has 0 saturated heterocycles. The molecule has 0 atom stereocenters. The number of aromatic nitrogens is 2. The Morgan fingerprint density at radius 3 is 2.73 bits per heavy atom. The molecule has 1 amide bonds. The van der Waals surface area contributed by atoms with Gasteiger partial charge in [0.25, 0.3) is 5.91 Å². The van der Waals surface area contributed by atoms with Gasteiger partial charge in [0.2, 0.25) is 13.2 Å². The lowest BCUT2D eigenvalue weighted by Gasteiger charge is -1.96. The van der Waals surface area contributed by atoms with E-state index in [0.717, 1.165) is 0 Å². The molecule has 0 unspecified atom stereocenters. The Kier molecular flexibility index (Phi) is 2.60. The van der Waals surface area contributed by atoms with Gasteiger partial charge >= 0.3 is 0 Å². The van der Waals surface area contributed by atoms with E-state index in [2.05, 4.69) is 15.2 Å². The van der Waals surface area contributed by atoms with Gasteiger partial charge in [0.15, 0.2) is 0 Å². The van der Waals surface area contributed by atoms with Crippen LogP contribution in [0, 0.1) is 0 Å². The Morgan fingerprint density at radius 2 is 2.18 bits per heavy atom. The van der Waals surface area contributed by atoms with Gasteiger partial charge in [0, 0.05) is 12.4 Å². The van der Waals surface area contributed by atoms with E-state index in [1.54, 1.807) is 6.07 Å². The van der Waals surface area contributed by atoms with Crippen molar-refractivity contribution < 1.29 is 4.79 Å². The van der Waals surface area contributed by atoms with E-state index < -0.39 is 0 Å². The third kappa shape index (κ3) is 2.03. The molecule has 11 heavy (non-hydrogen) atoms. The van der Waals surface area contributed by atoms with Crippen LogP contribution in [0.15, 0.2) is 18.5 Å². The monoisotopic (exact) mass is 149 g/mol. The largest absolute Gasteiger partial charge is 0.396 e.